The molecule has 0 aliphatic rings. The highest BCUT2D eigenvalue weighted by molar-refractivity contribution is 5.38. The van der Waals surface area contributed by atoms with Crippen LogP contribution in [0.4, 0.5) is 0 Å². The minimum absolute atomic E-state index is 0.151. The summed E-state index contributed by atoms with van der Waals surface area (Å²) in [6.45, 7) is 12.5. The molecule has 1 rings (SSSR count). The predicted octanol–water partition coefficient (Wildman–Crippen LogP) is 3.83. The lowest BCUT2D eigenvalue weighted by atomic mass is 9.86. The normalized spacial score (nSPS) is 15.3. The van der Waals surface area contributed by atoms with Crippen molar-refractivity contribution in [3.05, 3.63) is 29.3 Å². The predicted molar refractivity (Wildman–Crippen MR) is 76.3 cm³/mol. The maximum Gasteiger partial charge on any atom is 0.122 e. The molecule has 18 heavy (non-hydrogen) atoms. The first kappa shape index (κ1) is 15.0. The van der Waals surface area contributed by atoms with E-state index in [1.54, 1.807) is 0 Å². The van der Waals surface area contributed by atoms with E-state index in [0.29, 0.717) is 6.42 Å². The molecular formula is C16H26O2. The number of hydrogen-bond donors (Lipinski definition) is 1. The standard InChI is InChI=1S/C16H26O2/c1-7-14(17)12(3)18-15-9-8-13(10-11(15)2)16(4,5)6/h8-10,12,14,17H,7H2,1-6H3. The average Bonchev–Trinajstić information content (AvgIpc) is 2.29. The first-order valence-corrected chi connectivity index (χ1v) is 6.71. The molecule has 1 aromatic rings. The van der Waals surface area contributed by atoms with Crippen molar-refractivity contribution in [3.8, 4) is 5.75 Å². The highest BCUT2D eigenvalue weighted by Gasteiger charge is 2.17. The number of aliphatic hydroxyl groups excluding tert-OH is 1. The quantitative estimate of drug-likeness (QED) is 0.880. The summed E-state index contributed by atoms with van der Waals surface area (Å²) in [7, 11) is 0. The van der Waals surface area contributed by atoms with E-state index in [0.717, 1.165) is 11.3 Å². The van der Waals surface area contributed by atoms with Crippen LogP contribution in [0.3, 0.4) is 0 Å². The Bertz CT molecular complexity index is 391. The molecule has 0 aromatic heterocycles. The van der Waals surface area contributed by atoms with Crippen molar-refractivity contribution in [2.24, 2.45) is 0 Å². The fraction of sp³-hybridized carbons (Fsp3) is 0.625. The zero-order chi connectivity index (χ0) is 13.9. The van der Waals surface area contributed by atoms with Gasteiger partial charge in [-0.1, -0.05) is 39.8 Å². The number of aliphatic hydroxyl groups is 1. The molecule has 0 saturated heterocycles. The van der Waals surface area contributed by atoms with E-state index >= 15 is 0 Å². The van der Waals surface area contributed by atoms with Crippen LogP contribution in [0.5, 0.6) is 5.75 Å². The summed E-state index contributed by atoms with van der Waals surface area (Å²) in [6, 6.07) is 6.28. The highest BCUT2D eigenvalue weighted by atomic mass is 16.5. The third kappa shape index (κ3) is 3.74. The van der Waals surface area contributed by atoms with Crippen LogP contribution >= 0.6 is 0 Å². The largest absolute Gasteiger partial charge is 0.488 e. The van der Waals surface area contributed by atoms with Crippen molar-refractivity contribution in [1.29, 1.82) is 0 Å². The zero-order valence-corrected chi connectivity index (χ0v) is 12.4. The van der Waals surface area contributed by atoms with Crippen LogP contribution in [0.1, 0.15) is 52.2 Å². The Morgan fingerprint density at radius 3 is 2.33 bits per heavy atom. The zero-order valence-electron chi connectivity index (χ0n) is 12.4. The van der Waals surface area contributed by atoms with Crippen LogP contribution in [0.15, 0.2) is 18.2 Å². The fourth-order valence-electron chi connectivity index (χ4n) is 1.86. The molecule has 0 heterocycles. The van der Waals surface area contributed by atoms with Gasteiger partial charge in [-0.05, 0) is 42.9 Å². The Morgan fingerprint density at radius 2 is 1.89 bits per heavy atom. The number of ether oxygens (including phenoxy) is 1. The van der Waals surface area contributed by atoms with E-state index in [1.807, 2.05) is 19.9 Å². The molecule has 0 amide bonds. The van der Waals surface area contributed by atoms with E-state index < -0.39 is 6.10 Å². The van der Waals surface area contributed by atoms with Gasteiger partial charge < -0.3 is 9.84 Å². The second-order valence-electron chi connectivity index (χ2n) is 6.03. The van der Waals surface area contributed by atoms with Crippen LogP contribution in [0.25, 0.3) is 0 Å². The van der Waals surface area contributed by atoms with Gasteiger partial charge in [0.15, 0.2) is 0 Å². The maximum absolute atomic E-state index is 9.74. The van der Waals surface area contributed by atoms with Crippen molar-refractivity contribution in [2.75, 3.05) is 0 Å². The maximum atomic E-state index is 9.74. The van der Waals surface area contributed by atoms with Gasteiger partial charge in [0.1, 0.15) is 11.9 Å². The number of aryl methyl sites for hydroxylation is 1. The van der Waals surface area contributed by atoms with Crippen molar-refractivity contribution >= 4 is 0 Å². The monoisotopic (exact) mass is 250 g/mol. The van der Waals surface area contributed by atoms with Gasteiger partial charge in [0.25, 0.3) is 0 Å². The summed E-state index contributed by atoms with van der Waals surface area (Å²) in [6.07, 6.45) is 0.126. The number of benzene rings is 1. The average molecular weight is 250 g/mol. The first-order valence-electron chi connectivity index (χ1n) is 6.71. The Hall–Kier alpha value is -1.02. The number of hydrogen-bond acceptors (Lipinski definition) is 2. The molecule has 0 aliphatic carbocycles. The molecule has 0 spiro atoms. The summed E-state index contributed by atoms with van der Waals surface area (Å²) in [4.78, 5) is 0. The first-order chi connectivity index (χ1) is 8.25. The van der Waals surface area contributed by atoms with E-state index in [1.165, 1.54) is 5.56 Å². The van der Waals surface area contributed by atoms with Crippen LogP contribution in [-0.2, 0) is 5.41 Å². The van der Waals surface area contributed by atoms with Crippen molar-refractivity contribution in [1.82, 2.24) is 0 Å². The van der Waals surface area contributed by atoms with E-state index in [4.69, 9.17) is 4.74 Å². The van der Waals surface area contributed by atoms with Crippen LogP contribution in [0.2, 0.25) is 0 Å². The molecule has 2 heteroatoms. The molecule has 0 fully saturated rings. The summed E-state index contributed by atoms with van der Waals surface area (Å²) in [5, 5.41) is 9.74. The fourth-order valence-corrected chi connectivity index (χ4v) is 1.86. The Labute approximate surface area is 111 Å². The minimum Gasteiger partial charge on any atom is -0.488 e. The summed E-state index contributed by atoms with van der Waals surface area (Å²) in [5.74, 6) is 0.864. The van der Waals surface area contributed by atoms with E-state index in [9.17, 15) is 5.11 Å². The summed E-state index contributed by atoms with van der Waals surface area (Å²) < 4.78 is 5.82. The van der Waals surface area contributed by atoms with Crippen molar-refractivity contribution in [2.45, 2.75) is 65.6 Å². The molecule has 0 radical (unpaired) electrons. The van der Waals surface area contributed by atoms with Crippen molar-refractivity contribution in [3.63, 3.8) is 0 Å². The molecule has 2 unspecified atom stereocenters. The van der Waals surface area contributed by atoms with Gasteiger partial charge in [-0.25, -0.2) is 0 Å². The number of rotatable bonds is 4. The van der Waals surface area contributed by atoms with E-state index in [-0.39, 0.29) is 11.5 Å². The topological polar surface area (TPSA) is 29.5 Å². The van der Waals surface area contributed by atoms with Gasteiger partial charge in [-0.3, -0.25) is 0 Å². The van der Waals surface area contributed by atoms with Crippen LogP contribution in [0, 0.1) is 6.92 Å². The molecule has 0 aliphatic heterocycles. The minimum atomic E-state index is -0.410. The van der Waals surface area contributed by atoms with Crippen molar-refractivity contribution < 1.29 is 9.84 Å². The summed E-state index contributed by atoms with van der Waals surface area (Å²) in [5.41, 5.74) is 2.58. The molecule has 0 bridgehead atoms. The van der Waals surface area contributed by atoms with Gasteiger partial charge in [0.05, 0.1) is 6.10 Å². The molecule has 1 aromatic carbocycles. The Balaban J connectivity index is 2.87. The molecule has 102 valence electrons. The molecular weight excluding hydrogens is 224 g/mol. The summed E-state index contributed by atoms with van der Waals surface area (Å²) >= 11 is 0. The smallest absolute Gasteiger partial charge is 0.122 e. The second kappa shape index (κ2) is 5.75. The van der Waals surface area contributed by atoms with Crippen LogP contribution < -0.4 is 4.74 Å². The van der Waals surface area contributed by atoms with Gasteiger partial charge >= 0.3 is 0 Å². The molecule has 2 nitrogen and oxygen atoms in total. The van der Waals surface area contributed by atoms with E-state index in [2.05, 4.69) is 39.8 Å². The second-order valence-corrected chi connectivity index (χ2v) is 6.03. The Morgan fingerprint density at radius 1 is 1.28 bits per heavy atom. The molecule has 0 saturated carbocycles. The van der Waals surface area contributed by atoms with Crippen LogP contribution in [-0.4, -0.2) is 17.3 Å². The third-order valence-electron chi connectivity index (χ3n) is 3.31. The van der Waals surface area contributed by atoms with Gasteiger partial charge in [0, 0.05) is 0 Å². The lowest BCUT2D eigenvalue weighted by molar-refractivity contribution is 0.0447. The van der Waals surface area contributed by atoms with Gasteiger partial charge in [-0.2, -0.15) is 0 Å². The third-order valence-corrected chi connectivity index (χ3v) is 3.31. The lowest BCUT2D eigenvalue weighted by Crippen LogP contribution is -2.28. The van der Waals surface area contributed by atoms with Gasteiger partial charge in [0.2, 0.25) is 0 Å². The molecule has 1 N–H and O–H groups in total. The lowest BCUT2D eigenvalue weighted by Gasteiger charge is -2.23. The highest BCUT2D eigenvalue weighted by Crippen LogP contribution is 2.28. The Kier molecular flexibility index (Phi) is 4.80. The molecule has 2 atom stereocenters. The SMILES string of the molecule is CCC(O)C(C)Oc1ccc(C(C)(C)C)cc1C. The van der Waals surface area contributed by atoms with Gasteiger partial charge in [-0.15, -0.1) is 0 Å².